The number of carbonyl (C=O) groups excluding carboxylic acids is 2. The fourth-order valence-corrected chi connectivity index (χ4v) is 2.94. The number of rotatable bonds is 6. The Hall–Kier alpha value is -2.74. The maximum atomic E-state index is 12.0. The Labute approximate surface area is 141 Å². The Bertz CT molecular complexity index is 864. The molecule has 0 saturated heterocycles. The van der Waals surface area contributed by atoms with Crippen molar-refractivity contribution in [3.63, 3.8) is 0 Å². The molecule has 0 saturated carbocycles. The van der Waals surface area contributed by atoms with E-state index in [-0.39, 0.29) is 18.1 Å². The number of carbonyl (C=O) groups is 2. The van der Waals surface area contributed by atoms with Gasteiger partial charge in [0.05, 0.1) is 11.8 Å². The minimum Gasteiger partial charge on any atom is -0.466 e. The number of aromatic nitrogens is 2. The van der Waals surface area contributed by atoms with E-state index in [9.17, 15) is 9.59 Å². The Kier molecular flexibility index (Phi) is 4.57. The molecule has 0 atom stereocenters. The minimum absolute atomic E-state index is 0.0498. The van der Waals surface area contributed by atoms with Crippen LogP contribution < -0.4 is 5.32 Å². The van der Waals surface area contributed by atoms with Crippen LogP contribution in [0.5, 0.6) is 0 Å². The lowest BCUT2D eigenvalue weighted by Crippen LogP contribution is -2.11. The molecule has 24 heavy (non-hydrogen) atoms. The normalized spacial score (nSPS) is 10.8. The van der Waals surface area contributed by atoms with Crippen molar-refractivity contribution in [2.45, 2.75) is 26.7 Å². The predicted molar refractivity (Wildman–Crippen MR) is 88.0 cm³/mol. The van der Waals surface area contributed by atoms with Crippen molar-refractivity contribution in [2.24, 2.45) is 0 Å². The van der Waals surface area contributed by atoms with E-state index in [0.717, 1.165) is 0 Å². The summed E-state index contributed by atoms with van der Waals surface area (Å²) in [6, 6.07) is 5.22. The molecule has 0 aliphatic carbocycles. The average molecular weight is 345 g/mol. The van der Waals surface area contributed by atoms with Crippen LogP contribution in [-0.2, 0) is 11.2 Å². The highest BCUT2D eigenvalue weighted by Crippen LogP contribution is 2.26. The van der Waals surface area contributed by atoms with Gasteiger partial charge in [-0.3, -0.25) is 9.59 Å². The van der Waals surface area contributed by atoms with Crippen LogP contribution in [0.15, 0.2) is 33.3 Å². The number of anilines is 1. The van der Waals surface area contributed by atoms with Crippen molar-refractivity contribution in [1.29, 1.82) is 0 Å². The molecule has 0 aliphatic heterocycles. The molecule has 124 valence electrons. The highest BCUT2D eigenvalue weighted by atomic mass is 32.1. The first-order valence-corrected chi connectivity index (χ1v) is 8.12. The number of hydrogen-bond donors (Lipinski definition) is 1. The van der Waals surface area contributed by atoms with Gasteiger partial charge in [-0.2, -0.15) is 0 Å². The number of ketones is 1. The number of Topliss-reactive ketones (excluding diaryl/α,β-unsaturated/α-hetero) is 1. The molecule has 0 unspecified atom stereocenters. The van der Waals surface area contributed by atoms with Gasteiger partial charge in [-0.1, -0.05) is 11.3 Å². The summed E-state index contributed by atoms with van der Waals surface area (Å²) in [6.45, 7) is 3.22. The monoisotopic (exact) mass is 345 g/mol. The molecule has 0 aromatic carbocycles. The Morgan fingerprint density at radius 1 is 1.33 bits per heavy atom. The van der Waals surface area contributed by atoms with Crippen LogP contribution in [-0.4, -0.2) is 21.9 Å². The smallest absolute Gasteiger partial charge is 0.226 e. The standard InChI is InChI=1S/C16H15N3O4S/c1-9(20)12-8-11(23-10(12)2)5-6-14(21)17-16-19-18-15(24-16)13-4-3-7-22-13/h3-4,7-8H,5-6H2,1-2H3,(H,17,19,21). The van der Waals surface area contributed by atoms with Gasteiger partial charge in [0, 0.05) is 12.8 Å². The molecule has 1 N–H and O–H groups in total. The van der Waals surface area contributed by atoms with Gasteiger partial charge in [0.1, 0.15) is 11.5 Å². The molecule has 7 nitrogen and oxygen atoms in total. The van der Waals surface area contributed by atoms with Gasteiger partial charge < -0.3 is 14.2 Å². The molecule has 0 bridgehead atoms. The van der Waals surface area contributed by atoms with Gasteiger partial charge in [-0.05, 0) is 32.0 Å². The topological polar surface area (TPSA) is 98.2 Å². The molecule has 0 aliphatic rings. The zero-order chi connectivity index (χ0) is 17.1. The summed E-state index contributed by atoms with van der Waals surface area (Å²) in [5.41, 5.74) is 0.553. The molecule has 3 heterocycles. The third-order valence-electron chi connectivity index (χ3n) is 3.35. The largest absolute Gasteiger partial charge is 0.466 e. The van der Waals surface area contributed by atoms with Crippen LogP contribution in [0.2, 0.25) is 0 Å². The number of aryl methyl sites for hydroxylation is 2. The van der Waals surface area contributed by atoms with Crippen LogP contribution >= 0.6 is 11.3 Å². The zero-order valence-corrected chi connectivity index (χ0v) is 14.0. The van der Waals surface area contributed by atoms with E-state index in [1.165, 1.54) is 18.3 Å². The van der Waals surface area contributed by atoms with Crippen molar-refractivity contribution in [3.05, 3.63) is 41.5 Å². The number of furan rings is 2. The summed E-state index contributed by atoms with van der Waals surface area (Å²) in [7, 11) is 0. The summed E-state index contributed by atoms with van der Waals surface area (Å²) in [6.07, 6.45) is 2.18. The summed E-state index contributed by atoms with van der Waals surface area (Å²) >= 11 is 1.24. The lowest BCUT2D eigenvalue weighted by atomic mass is 10.1. The number of hydrogen-bond acceptors (Lipinski definition) is 7. The van der Waals surface area contributed by atoms with Crippen LogP contribution in [0.4, 0.5) is 5.13 Å². The van der Waals surface area contributed by atoms with Gasteiger partial charge in [0.15, 0.2) is 16.6 Å². The first-order valence-electron chi connectivity index (χ1n) is 7.30. The number of amides is 1. The Balaban J connectivity index is 1.56. The van der Waals surface area contributed by atoms with Gasteiger partial charge in [0.2, 0.25) is 11.0 Å². The summed E-state index contributed by atoms with van der Waals surface area (Å²) in [5, 5.41) is 11.6. The van der Waals surface area contributed by atoms with E-state index in [0.29, 0.717) is 39.4 Å². The Morgan fingerprint density at radius 3 is 2.83 bits per heavy atom. The molecule has 3 aromatic heterocycles. The fourth-order valence-electron chi connectivity index (χ4n) is 2.21. The van der Waals surface area contributed by atoms with Crippen molar-refractivity contribution in [2.75, 3.05) is 5.32 Å². The van der Waals surface area contributed by atoms with E-state index >= 15 is 0 Å². The van der Waals surface area contributed by atoms with Crippen molar-refractivity contribution < 1.29 is 18.4 Å². The zero-order valence-electron chi connectivity index (χ0n) is 13.2. The molecule has 1 amide bonds. The SMILES string of the molecule is CC(=O)c1cc(CCC(=O)Nc2nnc(-c3ccco3)s2)oc1C. The molecule has 8 heteroatoms. The van der Waals surface area contributed by atoms with Crippen LogP contribution in [0, 0.1) is 6.92 Å². The first kappa shape index (κ1) is 16.1. The molecular formula is C16H15N3O4S. The summed E-state index contributed by atoms with van der Waals surface area (Å²) in [5.74, 6) is 1.55. The van der Waals surface area contributed by atoms with Crippen molar-refractivity contribution >= 4 is 28.2 Å². The molecule has 3 aromatic rings. The number of nitrogens with one attached hydrogen (secondary N) is 1. The molecule has 0 radical (unpaired) electrons. The quantitative estimate of drug-likeness (QED) is 0.687. The van der Waals surface area contributed by atoms with Gasteiger partial charge in [-0.25, -0.2) is 0 Å². The van der Waals surface area contributed by atoms with E-state index < -0.39 is 0 Å². The van der Waals surface area contributed by atoms with E-state index in [4.69, 9.17) is 8.83 Å². The maximum absolute atomic E-state index is 12.0. The second-order valence-corrected chi connectivity index (χ2v) is 6.15. The van der Waals surface area contributed by atoms with Crippen LogP contribution in [0.1, 0.15) is 35.2 Å². The average Bonchev–Trinajstić information content (AvgIpc) is 3.24. The van der Waals surface area contributed by atoms with Crippen molar-refractivity contribution in [3.8, 4) is 10.8 Å². The number of nitrogens with zero attached hydrogens (tertiary/aromatic N) is 2. The second kappa shape index (κ2) is 6.79. The van der Waals surface area contributed by atoms with Crippen molar-refractivity contribution in [1.82, 2.24) is 10.2 Å². The molecule has 0 spiro atoms. The lowest BCUT2D eigenvalue weighted by molar-refractivity contribution is -0.116. The van der Waals surface area contributed by atoms with E-state index in [1.807, 2.05) is 0 Å². The Morgan fingerprint density at radius 2 is 2.17 bits per heavy atom. The van der Waals surface area contributed by atoms with Crippen LogP contribution in [0.25, 0.3) is 10.8 Å². The predicted octanol–water partition coefficient (Wildman–Crippen LogP) is 3.47. The first-order chi connectivity index (χ1) is 11.5. The fraction of sp³-hybridized carbons (Fsp3) is 0.250. The van der Waals surface area contributed by atoms with Gasteiger partial charge in [0.25, 0.3) is 0 Å². The molecular weight excluding hydrogens is 330 g/mol. The summed E-state index contributed by atoms with van der Waals surface area (Å²) < 4.78 is 10.7. The van der Waals surface area contributed by atoms with E-state index in [2.05, 4.69) is 15.5 Å². The maximum Gasteiger partial charge on any atom is 0.226 e. The third kappa shape index (κ3) is 3.60. The summed E-state index contributed by atoms with van der Waals surface area (Å²) in [4.78, 5) is 23.4. The molecule has 3 rings (SSSR count). The minimum atomic E-state index is -0.199. The van der Waals surface area contributed by atoms with Gasteiger partial charge in [-0.15, -0.1) is 10.2 Å². The second-order valence-electron chi connectivity index (χ2n) is 5.18. The highest BCUT2D eigenvalue weighted by molar-refractivity contribution is 7.18. The molecule has 0 fully saturated rings. The third-order valence-corrected chi connectivity index (χ3v) is 4.20. The van der Waals surface area contributed by atoms with E-state index in [1.54, 1.807) is 31.4 Å². The highest BCUT2D eigenvalue weighted by Gasteiger charge is 2.14. The van der Waals surface area contributed by atoms with Gasteiger partial charge >= 0.3 is 0 Å². The van der Waals surface area contributed by atoms with Crippen LogP contribution in [0.3, 0.4) is 0 Å². The lowest BCUT2D eigenvalue weighted by Gasteiger charge is -1.99.